The number of likely N-dealkylation sites (N-methyl/N-ethyl adjacent to an activating group) is 1. The van der Waals surface area contributed by atoms with Gasteiger partial charge in [-0.05, 0) is 55.6 Å². The van der Waals surface area contributed by atoms with Gasteiger partial charge >= 0.3 is 5.97 Å². The molecule has 0 saturated carbocycles. The predicted molar refractivity (Wildman–Crippen MR) is 96.4 cm³/mol. The summed E-state index contributed by atoms with van der Waals surface area (Å²) < 4.78 is 37.8. The van der Waals surface area contributed by atoms with Crippen LogP contribution in [0.15, 0.2) is 23.1 Å². The molecule has 1 aromatic carbocycles. The van der Waals surface area contributed by atoms with Gasteiger partial charge in [-0.25, -0.2) is 13.2 Å². The van der Waals surface area contributed by atoms with E-state index in [4.69, 9.17) is 9.47 Å². The molecule has 3 aliphatic rings. The molecule has 1 unspecified atom stereocenters. The van der Waals surface area contributed by atoms with Crippen molar-refractivity contribution < 1.29 is 22.7 Å². The van der Waals surface area contributed by atoms with Crippen LogP contribution in [0.5, 0.6) is 0 Å². The van der Waals surface area contributed by atoms with Crippen molar-refractivity contribution in [1.29, 1.82) is 0 Å². The highest BCUT2D eigenvalue weighted by atomic mass is 32.2. The lowest BCUT2D eigenvalue weighted by Crippen LogP contribution is -2.57. The zero-order chi connectivity index (χ0) is 18.9. The van der Waals surface area contributed by atoms with Crippen molar-refractivity contribution in [2.75, 3.05) is 40.9 Å². The first-order chi connectivity index (χ1) is 12.4. The zero-order valence-electron chi connectivity index (χ0n) is 15.5. The fourth-order valence-corrected chi connectivity index (χ4v) is 5.49. The molecule has 4 rings (SSSR count). The number of piperidine rings is 3. The molecule has 3 heterocycles. The van der Waals surface area contributed by atoms with Crippen molar-refractivity contribution in [3.63, 3.8) is 0 Å². The van der Waals surface area contributed by atoms with E-state index in [-0.39, 0.29) is 23.1 Å². The first-order valence-corrected chi connectivity index (χ1v) is 10.2. The Morgan fingerprint density at radius 3 is 2.46 bits per heavy atom. The van der Waals surface area contributed by atoms with Gasteiger partial charge in [-0.15, -0.1) is 0 Å². The van der Waals surface area contributed by atoms with E-state index in [0.717, 1.165) is 32.5 Å². The molecule has 3 aliphatic heterocycles. The number of ether oxygens (including phenoxy) is 2. The van der Waals surface area contributed by atoms with Crippen molar-refractivity contribution in [2.24, 2.45) is 5.92 Å². The molecule has 0 amide bonds. The minimum atomic E-state index is -3.72. The Balaban J connectivity index is 1.95. The highest BCUT2D eigenvalue weighted by Gasteiger charge is 2.40. The lowest BCUT2D eigenvalue weighted by atomic mass is 9.84. The van der Waals surface area contributed by atoms with Gasteiger partial charge in [-0.2, -0.15) is 4.31 Å². The molecular formula is C18H26N2O5S. The Labute approximate surface area is 154 Å². The van der Waals surface area contributed by atoms with Crippen LogP contribution in [0.4, 0.5) is 0 Å². The maximum absolute atomic E-state index is 13.2. The Hall–Kier alpha value is -1.48. The molecule has 0 spiro atoms. The predicted octanol–water partition coefficient (Wildman–Crippen LogP) is 1.33. The second-order valence-corrected chi connectivity index (χ2v) is 9.01. The summed E-state index contributed by atoms with van der Waals surface area (Å²) in [6.45, 7) is 3.08. The highest BCUT2D eigenvalue weighted by Crippen LogP contribution is 2.33. The van der Waals surface area contributed by atoms with E-state index in [1.165, 1.54) is 24.6 Å². The van der Waals surface area contributed by atoms with Crippen LogP contribution >= 0.6 is 0 Å². The van der Waals surface area contributed by atoms with Gasteiger partial charge in [-0.1, -0.05) is 0 Å². The first-order valence-electron chi connectivity index (χ1n) is 8.78. The van der Waals surface area contributed by atoms with Crippen LogP contribution in [0.1, 0.15) is 28.8 Å². The summed E-state index contributed by atoms with van der Waals surface area (Å²) in [6.07, 6.45) is 2.06. The van der Waals surface area contributed by atoms with Gasteiger partial charge in [0.2, 0.25) is 10.0 Å². The van der Waals surface area contributed by atoms with Crippen LogP contribution < -0.4 is 0 Å². The fraction of sp³-hybridized carbons (Fsp3) is 0.611. The van der Waals surface area contributed by atoms with Crippen molar-refractivity contribution in [3.8, 4) is 0 Å². The fourth-order valence-electron chi connectivity index (χ4n) is 3.99. The third-order valence-corrected chi connectivity index (χ3v) is 7.32. The SMILES string of the molecule is COCc1cc(C(=O)OC)cc(S(=O)(=O)N(C)C2CN3CCC2CC3)c1. The summed E-state index contributed by atoms with van der Waals surface area (Å²) in [6, 6.07) is 4.53. The van der Waals surface area contributed by atoms with Crippen LogP contribution in [0.25, 0.3) is 0 Å². The minimum absolute atomic E-state index is 0.0323. The van der Waals surface area contributed by atoms with E-state index < -0.39 is 16.0 Å². The smallest absolute Gasteiger partial charge is 0.337 e. The monoisotopic (exact) mass is 382 g/mol. The summed E-state index contributed by atoms with van der Waals surface area (Å²) >= 11 is 0. The summed E-state index contributed by atoms with van der Waals surface area (Å²) in [5.41, 5.74) is 0.833. The summed E-state index contributed by atoms with van der Waals surface area (Å²) in [7, 11) is 0.721. The molecule has 0 aliphatic carbocycles. The van der Waals surface area contributed by atoms with E-state index >= 15 is 0 Å². The number of hydrogen-bond acceptors (Lipinski definition) is 6. The van der Waals surface area contributed by atoms with Gasteiger partial charge in [0.05, 0.1) is 24.2 Å². The Kier molecular flexibility index (Phi) is 5.67. The summed E-state index contributed by atoms with van der Waals surface area (Å²) in [5.74, 6) is -0.174. The van der Waals surface area contributed by atoms with Crippen molar-refractivity contribution in [2.45, 2.75) is 30.4 Å². The number of sulfonamides is 1. The largest absolute Gasteiger partial charge is 0.465 e. The van der Waals surface area contributed by atoms with E-state index in [1.54, 1.807) is 19.2 Å². The molecule has 1 atom stereocenters. The second kappa shape index (κ2) is 7.64. The Bertz CT molecular complexity index is 772. The molecule has 8 heteroatoms. The van der Waals surface area contributed by atoms with Gasteiger partial charge in [0, 0.05) is 26.7 Å². The molecule has 144 valence electrons. The summed E-state index contributed by atoms with van der Waals surface area (Å²) in [5, 5.41) is 0. The van der Waals surface area contributed by atoms with Gasteiger partial charge in [0.15, 0.2) is 0 Å². The highest BCUT2D eigenvalue weighted by molar-refractivity contribution is 7.89. The van der Waals surface area contributed by atoms with Gasteiger partial charge < -0.3 is 14.4 Å². The third-order valence-electron chi connectivity index (χ3n) is 5.46. The van der Waals surface area contributed by atoms with Gasteiger partial charge in [-0.3, -0.25) is 0 Å². The number of rotatable bonds is 6. The van der Waals surface area contributed by atoms with E-state index in [2.05, 4.69) is 4.90 Å². The molecule has 7 nitrogen and oxygen atoms in total. The number of methoxy groups -OCH3 is 2. The topological polar surface area (TPSA) is 76.1 Å². The van der Waals surface area contributed by atoms with Crippen molar-refractivity contribution in [1.82, 2.24) is 9.21 Å². The Morgan fingerprint density at radius 1 is 1.23 bits per heavy atom. The van der Waals surface area contributed by atoms with Gasteiger partial charge in [0.25, 0.3) is 0 Å². The lowest BCUT2D eigenvalue weighted by Gasteiger charge is -2.47. The average Bonchev–Trinajstić information content (AvgIpc) is 2.67. The summed E-state index contributed by atoms with van der Waals surface area (Å²) in [4.78, 5) is 14.4. The maximum Gasteiger partial charge on any atom is 0.337 e. The quantitative estimate of drug-likeness (QED) is 0.691. The molecule has 2 bridgehead atoms. The number of benzene rings is 1. The molecule has 26 heavy (non-hydrogen) atoms. The van der Waals surface area contributed by atoms with Crippen LogP contribution in [0, 0.1) is 5.92 Å². The van der Waals surface area contributed by atoms with Crippen molar-refractivity contribution >= 4 is 16.0 Å². The standard InChI is InChI=1S/C18H26N2O5S/c1-19(17-11-20-6-4-14(17)5-7-20)26(22,23)16-9-13(12-24-2)8-15(10-16)18(21)25-3/h8-10,14,17H,4-7,11-12H2,1-3H3. The number of nitrogens with zero attached hydrogens (tertiary/aromatic N) is 2. The number of esters is 1. The number of hydrogen-bond donors (Lipinski definition) is 0. The van der Waals surface area contributed by atoms with Crippen LogP contribution in [0.3, 0.4) is 0 Å². The maximum atomic E-state index is 13.2. The molecule has 1 aromatic rings. The van der Waals surface area contributed by atoms with Crippen LogP contribution in [-0.2, 0) is 26.1 Å². The van der Waals surface area contributed by atoms with Crippen LogP contribution in [-0.4, -0.2) is 70.5 Å². The van der Waals surface area contributed by atoms with Crippen molar-refractivity contribution in [3.05, 3.63) is 29.3 Å². The van der Waals surface area contributed by atoms with E-state index in [9.17, 15) is 13.2 Å². The molecule has 3 fully saturated rings. The lowest BCUT2D eigenvalue weighted by molar-refractivity contribution is 0.0465. The first kappa shape index (κ1) is 19.3. The molecule has 0 N–H and O–H groups in total. The normalized spacial score (nSPS) is 25.5. The van der Waals surface area contributed by atoms with E-state index in [1.807, 2.05) is 0 Å². The molecule has 0 radical (unpaired) electrons. The van der Waals surface area contributed by atoms with E-state index in [0.29, 0.717) is 11.5 Å². The molecule has 3 saturated heterocycles. The Morgan fingerprint density at radius 2 is 1.92 bits per heavy atom. The average molecular weight is 382 g/mol. The molecular weight excluding hydrogens is 356 g/mol. The second-order valence-electron chi connectivity index (χ2n) is 7.02. The van der Waals surface area contributed by atoms with Crippen LogP contribution in [0.2, 0.25) is 0 Å². The third kappa shape index (κ3) is 3.64. The van der Waals surface area contributed by atoms with Gasteiger partial charge in [0.1, 0.15) is 0 Å². The number of carbonyl (C=O) groups is 1. The minimum Gasteiger partial charge on any atom is -0.465 e. The number of fused-ring (bicyclic) bond motifs is 3. The molecule has 0 aromatic heterocycles. The zero-order valence-corrected chi connectivity index (χ0v) is 16.3. The number of carbonyl (C=O) groups excluding carboxylic acids is 1.